The van der Waals surface area contributed by atoms with Crippen molar-refractivity contribution in [1.82, 2.24) is 9.80 Å². The third kappa shape index (κ3) is 5.02. The molecular formula is C26H32N2O4. The maximum absolute atomic E-state index is 13.1. The first kappa shape index (κ1) is 23.5. The van der Waals surface area contributed by atoms with Crippen molar-refractivity contribution in [3.8, 4) is 5.75 Å². The third-order valence-corrected chi connectivity index (χ3v) is 5.67. The van der Waals surface area contributed by atoms with E-state index in [4.69, 9.17) is 4.74 Å². The van der Waals surface area contributed by atoms with Gasteiger partial charge in [0.25, 0.3) is 11.7 Å². The van der Waals surface area contributed by atoms with Gasteiger partial charge >= 0.3 is 0 Å². The van der Waals surface area contributed by atoms with Crippen molar-refractivity contribution in [2.75, 3.05) is 33.8 Å². The molecule has 1 amide bonds. The number of likely N-dealkylation sites (tertiary alicyclic amines) is 1. The number of ether oxygens (including phenoxy) is 1. The SMILES string of the molecule is CCOc1cccc(C(O)=C2C(=O)C(=O)N(CCCN(C)C)C2c2ccc(CC)cc2)c1. The number of nitrogens with zero attached hydrogens (tertiary/aromatic N) is 2. The minimum atomic E-state index is -0.654. The molecule has 1 aliphatic rings. The van der Waals surface area contributed by atoms with Crippen LogP contribution in [0.4, 0.5) is 0 Å². The first-order valence-corrected chi connectivity index (χ1v) is 11.1. The zero-order valence-corrected chi connectivity index (χ0v) is 19.3. The molecule has 2 aromatic rings. The molecule has 0 spiro atoms. The van der Waals surface area contributed by atoms with Gasteiger partial charge in [0, 0.05) is 12.1 Å². The number of carbonyl (C=O) groups is 2. The highest BCUT2D eigenvalue weighted by Crippen LogP contribution is 2.39. The Morgan fingerprint density at radius 3 is 2.44 bits per heavy atom. The number of ketones is 1. The molecular weight excluding hydrogens is 404 g/mol. The summed E-state index contributed by atoms with van der Waals surface area (Å²) in [6.45, 7) is 5.67. The second-order valence-electron chi connectivity index (χ2n) is 8.21. The smallest absolute Gasteiger partial charge is 0.295 e. The van der Waals surface area contributed by atoms with Crippen LogP contribution in [0, 0.1) is 0 Å². The van der Waals surface area contributed by atoms with Gasteiger partial charge in [0.05, 0.1) is 18.2 Å². The van der Waals surface area contributed by atoms with Crippen molar-refractivity contribution in [3.63, 3.8) is 0 Å². The van der Waals surface area contributed by atoms with Gasteiger partial charge in [0.15, 0.2) is 0 Å². The Balaban J connectivity index is 2.08. The molecule has 0 aliphatic carbocycles. The van der Waals surface area contributed by atoms with Crippen LogP contribution >= 0.6 is 0 Å². The summed E-state index contributed by atoms with van der Waals surface area (Å²) in [5, 5.41) is 11.2. The minimum Gasteiger partial charge on any atom is -0.507 e. The number of hydrogen-bond acceptors (Lipinski definition) is 5. The summed E-state index contributed by atoms with van der Waals surface area (Å²) in [6, 6.07) is 14.2. The molecule has 1 atom stereocenters. The quantitative estimate of drug-likeness (QED) is 0.365. The summed E-state index contributed by atoms with van der Waals surface area (Å²) in [4.78, 5) is 29.7. The Morgan fingerprint density at radius 1 is 1.09 bits per heavy atom. The number of amides is 1. The van der Waals surface area contributed by atoms with Crippen LogP contribution in [0.2, 0.25) is 0 Å². The van der Waals surface area contributed by atoms with E-state index in [-0.39, 0.29) is 11.3 Å². The first-order valence-electron chi connectivity index (χ1n) is 11.1. The van der Waals surface area contributed by atoms with Gasteiger partial charge in [-0.1, -0.05) is 43.3 Å². The molecule has 0 radical (unpaired) electrons. The van der Waals surface area contributed by atoms with E-state index in [9.17, 15) is 14.7 Å². The zero-order chi connectivity index (χ0) is 23.3. The van der Waals surface area contributed by atoms with E-state index < -0.39 is 17.7 Å². The first-order chi connectivity index (χ1) is 15.4. The summed E-state index contributed by atoms with van der Waals surface area (Å²) in [6.07, 6.45) is 1.62. The third-order valence-electron chi connectivity index (χ3n) is 5.67. The molecule has 1 unspecified atom stereocenters. The average molecular weight is 437 g/mol. The maximum atomic E-state index is 13.1. The molecule has 170 valence electrons. The molecule has 6 heteroatoms. The van der Waals surface area contributed by atoms with E-state index in [1.165, 1.54) is 5.56 Å². The van der Waals surface area contributed by atoms with Crippen LogP contribution in [-0.4, -0.2) is 60.4 Å². The molecule has 6 nitrogen and oxygen atoms in total. The number of aliphatic hydroxyl groups is 1. The summed E-state index contributed by atoms with van der Waals surface area (Å²) in [5.41, 5.74) is 2.56. The van der Waals surface area contributed by atoms with Crippen molar-refractivity contribution in [3.05, 3.63) is 70.8 Å². The van der Waals surface area contributed by atoms with Crippen LogP contribution in [0.3, 0.4) is 0 Å². The number of rotatable bonds is 9. The summed E-state index contributed by atoms with van der Waals surface area (Å²) in [5.74, 6) is -0.806. The fraction of sp³-hybridized carbons (Fsp3) is 0.385. The molecule has 2 aromatic carbocycles. The van der Waals surface area contributed by atoms with Crippen molar-refractivity contribution in [2.45, 2.75) is 32.7 Å². The molecule has 1 heterocycles. The van der Waals surface area contributed by atoms with Crippen LogP contribution < -0.4 is 4.74 Å². The molecule has 0 aromatic heterocycles. The molecule has 1 fully saturated rings. The average Bonchev–Trinajstić information content (AvgIpc) is 3.04. The normalized spacial score (nSPS) is 17.9. The van der Waals surface area contributed by atoms with E-state index >= 15 is 0 Å². The number of hydrogen-bond donors (Lipinski definition) is 1. The highest BCUT2D eigenvalue weighted by Gasteiger charge is 2.45. The van der Waals surface area contributed by atoms with Crippen molar-refractivity contribution in [1.29, 1.82) is 0 Å². The van der Waals surface area contributed by atoms with Gasteiger partial charge in [-0.25, -0.2) is 0 Å². The lowest BCUT2D eigenvalue weighted by atomic mass is 9.94. The number of carbonyl (C=O) groups excluding carboxylic acids is 2. The molecule has 0 bridgehead atoms. The molecule has 1 saturated heterocycles. The zero-order valence-electron chi connectivity index (χ0n) is 19.3. The Labute approximate surface area is 190 Å². The Kier molecular flexibility index (Phi) is 7.70. The lowest BCUT2D eigenvalue weighted by Gasteiger charge is -2.26. The van der Waals surface area contributed by atoms with Crippen molar-refractivity contribution < 1.29 is 19.4 Å². The fourth-order valence-electron chi connectivity index (χ4n) is 4.01. The number of aryl methyl sites for hydroxylation is 1. The van der Waals surface area contributed by atoms with Crippen LogP contribution in [0.25, 0.3) is 5.76 Å². The Bertz CT molecular complexity index is 995. The Morgan fingerprint density at radius 2 is 1.81 bits per heavy atom. The predicted octanol–water partition coefficient (Wildman–Crippen LogP) is 4.02. The molecule has 32 heavy (non-hydrogen) atoms. The van der Waals surface area contributed by atoms with Gasteiger partial charge in [-0.3, -0.25) is 9.59 Å². The maximum Gasteiger partial charge on any atom is 0.295 e. The van der Waals surface area contributed by atoms with Gasteiger partial charge in [-0.05, 0) is 63.7 Å². The van der Waals surface area contributed by atoms with E-state index in [1.807, 2.05) is 50.2 Å². The minimum absolute atomic E-state index is 0.123. The van der Waals surface area contributed by atoms with Gasteiger partial charge in [0.2, 0.25) is 0 Å². The Hall–Kier alpha value is -3.12. The van der Waals surface area contributed by atoms with Crippen LogP contribution in [0.15, 0.2) is 54.1 Å². The van der Waals surface area contributed by atoms with E-state index in [2.05, 4.69) is 6.92 Å². The summed E-state index contributed by atoms with van der Waals surface area (Å²) >= 11 is 0. The van der Waals surface area contributed by atoms with Gasteiger partial charge in [-0.15, -0.1) is 0 Å². The molecule has 1 N–H and O–H groups in total. The van der Waals surface area contributed by atoms with E-state index in [1.54, 1.807) is 29.2 Å². The topological polar surface area (TPSA) is 70.1 Å². The van der Waals surface area contributed by atoms with Crippen LogP contribution in [0.1, 0.15) is 43.0 Å². The van der Waals surface area contributed by atoms with Crippen molar-refractivity contribution >= 4 is 17.4 Å². The number of aliphatic hydroxyl groups excluding tert-OH is 1. The van der Waals surface area contributed by atoms with Crippen molar-refractivity contribution in [2.24, 2.45) is 0 Å². The number of Topliss-reactive ketones (excluding diaryl/α,β-unsaturated/α-hetero) is 1. The van der Waals surface area contributed by atoms with Crippen LogP contribution in [-0.2, 0) is 16.0 Å². The summed E-state index contributed by atoms with van der Waals surface area (Å²) in [7, 11) is 3.95. The van der Waals surface area contributed by atoms with Gasteiger partial charge in [0.1, 0.15) is 11.5 Å². The monoisotopic (exact) mass is 436 g/mol. The molecule has 3 rings (SSSR count). The standard InChI is InChI=1S/C26H32N2O4/c1-5-18-11-13-19(14-12-18)23-22(24(29)20-9-7-10-21(17-20)32-6-2)25(30)26(31)28(23)16-8-15-27(3)4/h7,9-14,17,23,29H,5-6,8,15-16H2,1-4H3. The summed E-state index contributed by atoms with van der Waals surface area (Å²) < 4.78 is 5.54. The number of benzene rings is 2. The van der Waals surface area contributed by atoms with E-state index in [0.717, 1.165) is 24.9 Å². The molecule has 1 aliphatic heterocycles. The fourth-order valence-corrected chi connectivity index (χ4v) is 4.01. The highest BCUT2D eigenvalue weighted by atomic mass is 16.5. The largest absolute Gasteiger partial charge is 0.507 e. The lowest BCUT2D eigenvalue weighted by Crippen LogP contribution is -2.32. The lowest BCUT2D eigenvalue weighted by molar-refractivity contribution is -0.139. The van der Waals surface area contributed by atoms with Crippen LogP contribution in [0.5, 0.6) is 5.75 Å². The predicted molar refractivity (Wildman–Crippen MR) is 126 cm³/mol. The highest BCUT2D eigenvalue weighted by molar-refractivity contribution is 6.46. The second-order valence-corrected chi connectivity index (χ2v) is 8.21. The van der Waals surface area contributed by atoms with Gasteiger partial charge < -0.3 is 19.6 Å². The molecule has 0 saturated carbocycles. The van der Waals surface area contributed by atoms with E-state index in [0.29, 0.717) is 24.5 Å². The van der Waals surface area contributed by atoms with Gasteiger partial charge in [-0.2, -0.15) is 0 Å². The second kappa shape index (κ2) is 10.5.